The molecule has 0 heterocycles. The molecule has 0 aliphatic heterocycles. The van der Waals surface area contributed by atoms with E-state index >= 15 is 0 Å². The summed E-state index contributed by atoms with van der Waals surface area (Å²) in [5.41, 5.74) is 1.00. The van der Waals surface area contributed by atoms with Gasteiger partial charge in [0.15, 0.2) is 0 Å². The third-order valence-corrected chi connectivity index (χ3v) is 2.88. The van der Waals surface area contributed by atoms with Crippen LogP contribution in [-0.2, 0) is 10.2 Å². The molecule has 0 bridgehead atoms. The molecule has 0 spiro atoms. The minimum atomic E-state index is -0.165. The van der Waals surface area contributed by atoms with Gasteiger partial charge in [-0.05, 0) is 18.9 Å². The van der Waals surface area contributed by atoms with Crippen LogP contribution in [0.5, 0.6) is 0 Å². The van der Waals surface area contributed by atoms with E-state index in [1.54, 1.807) is 0 Å². The van der Waals surface area contributed by atoms with Crippen LogP contribution in [0.3, 0.4) is 0 Å². The van der Waals surface area contributed by atoms with Crippen LogP contribution in [0.2, 0.25) is 0 Å². The van der Waals surface area contributed by atoms with Crippen LogP contribution in [-0.4, -0.2) is 5.78 Å². The first-order valence-electron chi connectivity index (χ1n) is 4.32. The zero-order valence-electron chi connectivity index (χ0n) is 7.21. The predicted molar refractivity (Wildman–Crippen MR) is 48.0 cm³/mol. The van der Waals surface area contributed by atoms with Gasteiger partial charge >= 0.3 is 0 Å². The first kappa shape index (κ1) is 7.53. The molecule has 1 nitrogen and oxygen atoms in total. The fourth-order valence-corrected chi connectivity index (χ4v) is 1.71. The lowest BCUT2D eigenvalue weighted by molar-refractivity contribution is -0.130. The van der Waals surface area contributed by atoms with E-state index in [9.17, 15) is 4.79 Å². The summed E-state index contributed by atoms with van der Waals surface area (Å²) in [5.74, 6) is 0.383. The molecule has 1 saturated carbocycles. The summed E-state index contributed by atoms with van der Waals surface area (Å²) < 4.78 is 0. The molecule has 1 fully saturated rings. The van der Waals surface area contributed by atoms with Crippen molar-refractivity contribution in [2.75, 3.05) is 0 Å². The third kappa shape index (κ3) is 0.893. The smallest absolute Gasteiger partial charge is 0.143 e. The molecule has 1 aliphatic rings. The molecule has 0 aromatic heterocycles. The second kappa shape index (κ2) is 2.44. The van der Waals surface area contributed by atoms with Crippen LogP contribution < -0.4 is 0 Å². The zero-order chi connectivity index (χ0) is 8.60. The highest BCUT2D eigenvalue weighted by atomic mass is 16.1. The van der Waals surface area contributed by atoms with Crippen molar-refractivity contribution in [3.8, 4) is 0 Å². The molecule has 62 valence electrons. The van der Waals surface area contributed by atoms with E-state index in [-0.39, 0.29) is 5.41 Å². The van der Waals surface area contributed by atoms with Crippen molar-refractivity contribution in [3.63, 3.8) is 0 Å². The Balaban J connectivity index is 2.37. The van der Waals surface area contributed by atoms with Gasteiger partial charge in [-0.2, -0.15) is 0 Å². The van der Waals surface area contributed by atoms with E-state index in [0.29, 0.717) is 5.78 Å². The normalized spacial score (nSPS) is 28.2. The number of rotatable bonds is 1. The van der Waals surface area contributed by atoms with Gasteiger partial charge in [-0.15, -0.1) is 0 Å². The van der Waals surface area contributed by atoms with Crippen molar-refractivity contribution < 1.29 is 4.79 Å². The van der Waals surface area contributed by atoms with Crippen molar-refractivity contribution in [2.45, 2.75) is 25.2 Å². The van der Waals surface area contributed by atoms with Crippen molar-refractivity contribution in [1.82, 2.24) is 0 Å². The number of Topliss-reactive ketones (excluding diaryl/α,β-unsaturated/α-hetero) is 1. The van der Waals surface area contributed by atoms with Crippen molar-refractivity contribution in [2.24, 2.45) is 0 Å². The molecule has 0 unspecified atom stereocenters. The summed E-state index contributed by atoms with van der Waals surface area (Å²) >= 11 is 0. The van der Waals surface area contributed by atoms with E-state index in [2.05, 4.69) is 0 Å². The first-order valence-corrected chi connectivity index (χ1v) is 4.32. The Bertz CT molecular complexity index is 302. The molecule has 0 radical (unpaired) electrons. The van der Waals surface area contributed by atoms with E-state index in [4.69, 9.17) is 0 Å². The second-order valence-electron chi connectivity index (χ2n) is 3.62. The summed E-state index contributed by atoms with van der Waals surface area (Å²) in [5, 5.41) is 0. The van der Waals surface area contributed by atoms with Gasteiger partial charge in [-0.1, -0.05) is 30.3 Å². The van der Waals surface area contributed by atoms with Gasteiger partial charge in [-0.25, -0.2) is 0 Å². The lowest BCUT2D eigenvalue weighted by atomic mass is 9.65. The Morgan fingerprint density at radius 3 is 2.33 bits per heavy atom. The number of ketones is 1. The zero-order valence-corrected chi connectivity index (χ0v) is 7.21. The van der Waals surface area contributed by atoms with Gasteiger partial charge in [0.1, 0.15) is 5.78 Å². The Morgan fingerprint density at radius 2 is 1.92 bits per heavy atom. The summed E-state index contributed by atoms with van der Waals surface area (Å²) in [6, 6.07) is 10.0. The number of hydrogen-bond acceptors (Lipinski definition) is 1. The molecule has 12 heavy (non-hydrogen) atoms. The van der Waals surface area contributed by atoms with Crippen LogP contribution >= 0.6 is 0 Å². The van der Waals surface area contributed by atoms with Gasteiger partial charge in [0.05, 0.1) is 5.41 Å². The predicted octanol–water partition coefficient (Wildman–Crippen LogP) is 2.31. The van der Waals surface area contributed by atoms with Gasteiger partial charge < -0.3 is 0 Å². The molecule has 1 aromatic carbocycles. The molecule has 0 N–H and O–H groups in total. The van der Waals surface area contributed by atoms with Crippen molar-refractivity contribution >= 4 is 5.78 Å². The number of benzene rings is 1. The van der Waals surface area contributed by atoms with E-state index < -0.39 is 0 Å². The molecule has 1 aliphatic carbocycles. The highest BCUT2D eigenvalue weighted by molar-refractivity contribution is 5.95. The Labute approximate surface area is 72.4 Å². The largest absolute Gasteiger partial charge is 0.299 e. The minimum absolute atomic E-state index is 0.165. The lowest BCUT2D eigenvalue weighted by Crippen LogP contribution is -2.41. The molecule has 1 heteroatoms. The molecule has 0 saturated heterocycles. The number of hydrogen-bond donors (Lipinski definition) is 0. The highest BCUT2D eigenvalue weighted by Gasteiger charge is 2.42. The SMILES string of the molecule is C[C@@]1(c2ccccc2)CCC1=O. The fraction of sp³-hybridized carbons (Fsp3) is 0.364. The fourth-order valence-electron chi connectivity index (χ4n) is 1.71. The van der Waals surface area contributed by atoms with Crippen LogP contribution in [0.25, 0.3) is 0 Å². The molecule has 1 aromatic rings. The van der Waals surface area contributed by atoms with Gasteiger partial charge in [0, 0.05) is 6.42 Å². The van der Waals surface area contributed by atoms with Crippen molar-refractivity contribution in [3.05, 3.63) is 35.9 Å². The quantitative estimate of drug-likeness (QED) is 0.616. The maximum Gasteiger partial charge on any atom is 0.143 e. The van der Waals surface area contributed by atoms with E-state index in [1.807, 2.05) is 37.3 Å². The topological polar surface area (TPSA) is 17.1 Å². The summed E-state index contributed by atoms with van der Waals surface area (Å²) in [7, 11) is 0. The summed E-state index contributed by atoms with van der Waals surface area (Å²) in [6.07, 6.45) is 1.77. The van der Waals surface area contributed by atoms with Gasteiger partial charge in [0.2, 0.25) is 0 Å². The second-order valence-corrected chi connectivity index (χ2v) is 3.62. The Hall–Kier alpha value is -1.11. The number of carbonyl (C=O) groups is 1. The van der Waals surface area contributed by atoms with E-state index in [0.717, 1.165) is 12.8 Å². The maximum atomic E-state index is 11.4. The lowest BCUT2D eigenvalue weighted by Gasteiger charge is -2.36. The highest BCUT2D eigenvalue weighted by Crippen LogP contribution is 2.39. The van der Waals surface area contributed by atoms with Crippen LogP contribution in [0.15, 0.2) is 30.3 Å². The molecular weight excluding hydrogens is 148 g/mol. The van der Waals surface area contributed by atoms with Crippen LogP contribution in [0.4, 0.5) is 0 Å². The summed E-state index contributed by atoms with van der Waals surface area (Å²) in [6.45, 7) is 2.04. The first-order chi connectivity index (χ1) is 5.73. The Morgan fingerprint density at radius 1 is 1.25 bits per heavy atom. The van der Waals surface area contributed by atoms with E-state index in [1.165, 1.54) is 5.56 Å². The maximum absolute atomic E-state index is 11.4. The van der Waals surface area contributed by atoms with Crippen molar-refractivity contribution in [1.29, 1.82) is 0 Å². The van der Waals surface area contributed by atoms with Gasteiger partial charge in [-0.3, -0.25) is 4.79 Å². The van der Waals surface area contributed by atoms with Gasteiger partial charge in [0.25, 0.3) is 0 Å². The monoisotopic (exact) mass is 160 g/mol. The van der Waals surface area contributed by atoms with Crippen LogP contribution in [0.1, 0.15) is 25.3 Å². The Kier molecular flexibility index (Phi) is 1.53. The summed E-state index contributed by atoms with van der Waals surface area (Å²) in [4.78, 5) is 11.4. The average molecular weight is 160 g/mol. The molecule has 1 atom stereocenters. The third-order valence-electron chi connectivity index (χ3n) is 2.88. The molecule has 2 rings (SSSR count). The standard InChI is InChI=1S/C11H12O/c1-11(8-7-10(11)12)9-5-3-2-4-6-9/h2-6H,7-8H2,1H3/t11-/m0/s1. The van der Waals surface area contributed by atoms with Crippen LogP contribution in [0, 0.1) is 0 Å². The average Bonchev–Trinajstić information content (AvgIpc) is 2.16. The molecular formula is C11H12O. The minimum Gasteiger partial charge on any atom is -0.299 e. The number of carbonyl (C=O) groups excluding carboxylic acids is 1. The molecule has 0 amide bonds.